The van der Waals surface area contributed by atoms with Gasteiger partial charge in [-0.05, 0) is 63.5 Å². The van der Waals surface area contributed by atoms with Crippen molar-refractivity contribution in [3.8, 4) is 5.75 Å². The first-order valence-electron chi connectivity index (χ1n) is 12.1. The van der Waals surface area contributed by atoms with Crippen LogP contribution >= 0.6 is 0 Å². The number of hydrogen-bond acceptors (Lipinski definition) is 6. The fourth-order valence-corrected chi connectivity index (χ4v) is 5.35. The van der Waals surface area contributed by atoms with Crippen molar-refractivity contribution < 1.29 is 14.3 Å². The summed E-state index contributed by atoms with van der Waals surface area (Å²) in [6, 6.07) is 12.9. The Morgan fingerprint density at radius 2 is 1.74 bits per heavy atom. The number of aliphatic imine (C=N–C) groups is 1. The molecule has 2 aliphatic carbocycles. The molecule has 1 unspecified atom stereocenters. The predicted molar refractivity (Wildman–Crippen MR) is 131 cm³/mol. The summed E-state index contributed by atoms with van der Waals surface area (Å²) >= 11 is 0. The number of fused-ring (bicyclic) bond motifs is 4. The standard InChI is InChI=1S/C28H27N3O3/c1-17-8-6-11-21-25(17)30-26-22(34-21)16-20(29-12-7-15-31-13-4-5-14-31)23-24(26)28(33)19-10-3-2-9-18(19)27(23)32/h2-3,6,8-11,16,22,29H,4-5,7,12-15H2,1H3. The van der Waals surface area contributed by atoms with Crippen molar-refractivity contribution in [2.24, 2.45) is 4.99 Å². The van der Waals surface area contributed by atoms with E-state index in [1.54, 1.807) is 24.3 Å². The SMILES string of the molecule is Cc1cccc2c1N=C1C3=C(C(=O)c4ccccc4C3=O)C(NCCCN3CCCC3)=CC1O2. The number of ether oxygens (including phenoxy) is 1. The van der Waals surface area contributed by atoms with E-state index >= 15 is 0 Å². The highest BCUT2D eigenvalue weighted by Crippen LogP contribution is 2.42. The van der Waals surface area contributed by atoms with Crippen LogP contribution < -0.4 is 10.1 Å². The second kappa shape index (κ2) is 8.37. The average molecular weight is 454 g/mol. The Hall–Kier alpha value is -3.51. The molecule has 6 heteroatoms. The normalized spacial score (nSPS) is 21.1. The van der Waals surface area contributed by atoms with Gasteiger partial charge in [-0.15, -0.1) is 0 Å². The monoisotopic (exact) mass is 453 g/mol. The average Bonchev–Trinajstić information content (AvgIpc) is 3.37. The number of hydrogen-bond donors (Lipinski definition) is 1. The van der Waals surface area contributed by atoms with Gasteiger partial charge in [-0.25, -0.2) is 4.99 Å². The molecule has 34 heavy (non-hydrogen) atoms. The first-order chi connectivity index (χ1) is 16.6. The van der Waals surface area contributed by atoms with Crippen LogP contribution in [0.5, 0.6) is 5.75 Å². The molecular formula is C28H27N3O3. The van der Waals surface area contributed by atoms with Crippen molar-refractivity contribution in [2.45, 2.75) is 32.3 Å². The van der Waals surface area contributed by atoms with Gasteiger partial charge in [0, 0.05) is 23.4 Å². The summed E-state index contributed by atoms with van der Waals surface area (Å²) in [7, 11) is 0. The number of likely N-dealkylation sites (tertiary alicyclic amines) is 1. The molecule has 172 valence electrons. The van der Waals surface area contributed by atoms with E-state index in [1.807, 2.05) is 31.2 Å². The summed E-state index contributed by atoms with van der Waals surface area (Å²) < 4.78 is 6.30. The minimum absolute atomic E-state index is 0.139. The Labute approximate surface area is 199 Å². The zero-order chi connectivity index (χ0) is 23.2. The molecule has 4 aliphatic rings. The van der Waals surface area contributed by atoms with Gasteiger partial charge in [-0.2, -0.15) is 0 Å². The highest BCUT2D eigenvalue weighted by molar-refractivity contribution is 6.40. The third-order valence-electron chi connectivity index (χ3n) is 7.09. The third-order valence-corrected chi connectivity index (χ3v) is 7.09. The number of ketones is 2. The lowest BCUT2D eigenvalue weighted by atomic mass is 9.76. The minimum atomic E-state index is -0.517. The van der Waals surface area contributed by atoms with Crippen molar-refractivity contribution in [1.29, 1.82) is 0 Å². The van der Waals surface area contributed by atoms with Gasteiger partial charge in [0.25, 0.3) is 0 Å². The number of carbonyl (C=O) groups excluding carboxylic acids is 2. The van der Waals surface area contributed by atoms with Gasteiger partial charge in [-0.3, -0.25) is 9.59 Å². The second-order valence-corrected chi connectivity index (χ2v) is 9.32. The molecule has 6 rings (SSSR count). The van der Waals surface area contributed by atoms with Crippen molar-refractivity contribution in [1.82, 2.24) is 10.2 Å². The largest absolute Gasteiger partial charge is 0.478 e. The van der Waals surface area contributed by atoms with E-state index in [-0.39, 0.29) is 11.6 Å². The van der Waals surface area contributed by atoms with Gasteiger partial charge < -0.3 is 15.0 Å². The van der Waals surface area contributed by atoms with Gasteiger partial charge >= 0.3 is 0 Å². The minimum Gasteiger partial charge on any atom is -0.478 e. The number of rotatable bonds is 5. The van der Waals surface area contributed by atoms with Gasteiger partial charge in [-0.1, -0.05) is 36.4 Å². The molecule has 2 aromatic rings. The maximum absolute atomic E-state index is 13.7. The summed E-state index contributed by atoms with van der Waals surface area (Å²) in [6.45, 7) is 6.04. The van der Waals surface area contributed by atoms with Crippen LogP contribution in [0.1, 0.15) is 45.5 Å². The van der Waals surface area contributed by atoms with Crippen LogP contribution in [0.3, 0.4) is 0 Å². The quantitative estimate of drug-likeness (QED) is 0.688. The molecule has 1 atom stereocenters. The van der Waals surface area contributed by atoms with Crippen LogP contribution in [0.25, 0.3) is 0 Å². The summed E-state index contributed by atoms with van der Waals surface area (Å²) in [6.07, 6.45) is 4.90. The lowest BCUT2D eigenvalue weighted by Gasteiger charge is -2.34. The zero-order valence-electron chi connectivity index (χ0n) is 19.3. The number of nitrogens with zero attached hydrogens (tertiary/aromatic N) is 2. The molecule has 0 bridgehead atoms. The number of benzene rings is 2. The molecule has 0 spiro atoms. The Morgan fingerprint density at radius 1 is 1.00 bits per heavy atom. The molecule has 2 heterocycles. The summed E-state index contributed by atoms with van der Waals surface area (Å²) in [5, 5.41) is 3.46. The van der Waals surface area contributed by atoms with Crippen LogP contribution in [0.4, 0.5) is 5.69 Å². The van der Waals surface area contributed by atoms with Crippen molar-refractivity contribution >= 4 is 23.0 Å². The Balaban J connectivity index is 1.39. The Morgan fingerprint density at radius 3 is 2.50 bits per heavy atom. The molecule has 0 aromatic heterocycles. The van der Waals surface area contributed by atoms with Crippen molar-refractivity contribution in [3.05, 3.63) is 82.1 Å². The summed E-state index contributed by atoms with van der Waals surface area (Å²) in [4.78, 5) is 34.7. The van der Waals surface area contributed by atoms with Gasteiger partial charge in [0.05, 0.1) is 16.9 Å². The van der Waals surface area contributed by atoms with E-state index in [2.05, 4.69) is 10.2 Å². The maximum Gasteiger partial charge on any atom is 0.196 e. The molecule has 0 radical (unpaired) electrons. The van der Waals surface area contributed by atoms with E-state index in [0.717, 1.165) is 43.9 Å². The van der Waals surface area contributed by atoms with Crippen LogP contribution in [-0.4, -0.2) is 54.5 Å². The van der Waals surface area contributed by atoms with E-state index in [1.165, 1.54) is 12.8 Å². The van der Waals surface area contributed by atoms with E-state index < -0.39 is 6.10 Å². The van der Waals surface area contributed by atoms with Crippen LogP contribution in [0.2, 0.25) is 0 Å². The number of allylic oxidation sites excluding steroid dienone is 1. The first kappa shape index (κ1) is 21.1. The molecular weight excluding hydrogens is 426 g/mol. The molecule has 2 aliphatic heterocycles. The molecule has 1 saturated heterocycles. The Bertz CT molecular complexity index is 1300. The fourth-order valence-electron chi connectivity index (χ4n) is 5.35. The van der Waals surface area contributed by atoms with Crippen LogP contribution in [0, 0.1) is 6.92 Å². The topological polar surface area (TPSA) is 71.0 Å². The lowest BCUT2D eigenvalue weighted by molar-refractivity contribution is 0.0978. The van der Waals surface area contributed by atoms with E-state index in [4.69, 9.17) is 9.73 Å². The number of nitrogens with one attached hydrogen (secondary N) is 1. The van der Waals surface area contributed by atoms with Gasteiger partial charge in [0.15, 0.2) is 17.7 Å². The lowest BCUT2D eigenvalue weighted by Crippen LogP contribution is -2.42. The first-order valence-corrected chi connectivity index (χ1v) is 12.1. The molecule has 6 nitrogen and oxygen atoms in total. The second-order valence-electron chi connectivity index (χ2n) is 9.32. The number of para-hydroxylation sites is 1. The van der Waals surface area contributed by atoms with E-state index in [9.17, 15) is 9.59 Å². The molecule has 0 amide bonds. The third kappa shape index (κ3) is 3.41. The Kier molecular flexibility index (Phi) is 5.18. The number of Topliss-reactive ketones (excluding diaryl/α,β-unsaturated/α-hetero) is 2. The molecule has 0 saturated carbocycles. The van der Waals surface area contributed by atoms with Gasteiger partial charge in [0.2, 0.25) is 0 Å². The van der Waals surface area contributed by atoms with Gasteiger partial charge in [0.1, 0.15) is 11.4 Å². The number of carbonyl (C=O) groups is 2. The van der Waals surface area contributed by atoms with Crippen LogP contribution in [-0.2, 0) is 0 Å². The summed E-state index contributed by atoms with van der Waals surface area (Å²) in [5.74, 6) is 0.386. The highest BCUT2D eigenvalue weighted by Gasteiger charge is 2.43. The van der Waals surface area contributed by atoms with Crippen molar-refractivity contribution in [3.63, 3.8) is 0 Å². The highest BCUT2D eigenvalue weighted by atomic mass is 16.5. The predicted octanol–water partition coefficient (Wildman–Crippen LogP) is 4.18. The molecule has 1 fully saturated rings. The zero-order valence-corrected chi connectivity index (χ0v) is 19.3. The summed E-state index contributed by atoms with van der Waals surface area (Å²) in [5.41, 5.74) is 4.54. The molecule has 1 N–H and O–H groups in total. The smallest absolute Gasteiger partial charge is 0.196 e. The van der Waals surface area contributed by atoms with Crippen LogP contribution in [0.15, 0.2) is 70.4 Å². The number of aryl methyl sites for hydroxylation is 1. The van der Waals surface area contributed by atoms with Crippen molar-refractivity contribution in [2.75, 3.05) is 26.2 Å². The molecule has 2 aromatic carbocycles. The maximum atomic E-state index is 13.7. The van der Waals surface area contributed by atoms with E-state index in [0.29, 0.717) is 39.4 Å². The fraction of sp³-hybridized carbons (Fsp3) is 0.321.